The van der Waals surface area contributed by atoms with E-state index in [-0.39, 0.29) is 6.61 Å². The van der Waals surface area contributed by atoms with Crippen molar-refractivity contribution in [2.24, 2.45) is 0 Å². The van der Waals surface area contributed by atoms with Crippen molar-refractivity contribution in [1.29, 1.82) is 0 Å². The zero-order valence-electron chi connectivity index (χ0n) is 15.7. The molecule has 1 amide bonds. The molecule has 0 aliphatic carbocycles. The van der Waals surface area contributed by atoms with Gasteiger partial charge in [-0.2, -0.15) is 0 Å². The number of carbonyl (C=O) groups is 2. The third-order valence-corrected chi connectivity index (χ3v) is 4.11. The van der Waals surface area contributed by atoms with Gasteiger partial charge in [0.05, 0.1) is 7.11 Å². The van der Waals surface area contributed by atoms with Crippen LogP contribution in [0.4, 0.5) is 5.69 Å². The summed E-state index contributed by atoms with van der Waals surface area (Å²) in [7, 11) is 1.57. The number of fused-ring (bicyclic) bond motifs is 1. The van der Waals surface area contributed by atoms with Crippen LogP contribution >= 0.6 is 0 Å². The lowest BCUT2D eigenvalue weighted by atomic mass is 10.1. The number of rotatable bonds is 7. The first-order valence-electron chi connectivity index (χ1n) is 8.81. The number of carbonyl (C=O) groups excluding carboxylic acids is 2. The van der Waals surface area contributed by atoms with E-state index >= 15 is 0 Å². The Kier molecular flexibility index (Phi) is 6.11. The summed E-state index contributed by atoms with van der Waals surface area (Å²) in [6.07, 6.45) is -0.946. The summed E-state index contributed by atoms with van der Waals surface area (Å²) in [5.41, 5.74) is 0.640. The summed E-state index contributed by atoms with van der Waals surface area (Å²) in [5.74, 6) is 0.157. The Morgan fingerprint density at radius 3 is 2.32 bits per heavy atom. The standard InChI is InChI=1S/C22H21NO5/c1-15(28-21(24)14-27-20-11-9-19(26-2)10-12-20)22(25)23-18-8-7-16-5-3-4-6-17(16)13-18/h3-13,15H,14H2,1-2H3,(H,23,25)/t15-/m1/s1. The minimum absolute atomic E-state index is 0.292. The molecular weight excluding hydrogens is 358 g/mol. The van der Waals surface area contributed by atoms with E-state index in [0.29, 0.717) is 17.2 Å². The Bertz CT molecular complexity index is 968. The van der Waals surface area contributed by atoms with Crippen molar-refractivity contribution in [3.8, 4) is 11.5 Å². The van der Waals surface area contributed by atoms with Gasteiger partial charge in [-0.25, -0.2) is 4.79 Å². The molecule has 3 rings (SSSR count). The molecule has 3 aromatic carbocycles. The van der Waals surface area contributed by atoms with Gasteiger partial charge in [0.2, 0.25) is 0 Å². The summed E-state index contributed by atoms with van der Waals surface area (Å²) >= 11 is 0. The van der Waals surface area contributed by atoms with E-state index in [1.807, 2.05) is 42.5 Å². The van der Waals surface area contributed by atoms with Crippen LogP contribution in [0.15, 0.2) is 66.7 Å². The monoisotopic (exact) mass is 379 g/mol. The molecule has 1 atom stereocenters. The highest BCUT2D eigenvalue weighted by atomic mass is 16.6. The number of hydrogen-bond donors (Lipinski definition) is 1. The van der Waals surface area contributed by atoms with E-state index < -0.39 is 18.0 Å². The molecular formula is C22H21NO5. The van der Waals surface area contributed by atoms with E-state index in [2.05, 4.69) is 5.32 Å². The number of benzene rings is 3. The lowest BCUT2D eigenvalue weighted by Crippen LogP contribution is -2.31. The summed E-state index contributed by atoms with van der Waals surface area (Å²) < 4.78 is 15.5. The summed E-state index contributed by atoms with van der Waals surface area (Å²) in [4.78, 5) is 24.2. The van der Waals surface area contributed by atoms with Crippen LogP contribution < -0.4 is 14.8 Å². The van der Waals surface area contributed by atoms with Gasteiger partial charge in [-0.15, -0.1) is 0 Å². The second kappa shape index (κ2) is 8.90. The lowest BCUT2D eigenvalue weighted by Gasteiger charge is -2.14. The molecule has 0 saturated carbocycles. The van der Waals surface area contributed by atoms with Crippen molar-refractivity contribution in [3.63, 3.8) is 0 Å². The number of methoxy groups -OCH3 is 1. The maximum Gasteiger partial charge on any atom is 0.344 e. The van der Waals surface area contributed by atoms with Gasteiger partial charge >= 0.3 is 5.97 Å². The van der Waals surface area contributed by atoms with E-state index in [9.17, 15) is 9.59 Å². The van der Waals surface area contributed by atoms with Crippen LogP contribution in [0.25, 0.3) is 10.8 Å². The second-order valence-corrected chi connectivity index (χ2v) is 6.15. The SMILES string of the molecule is COc1ccc(OCC(=O)O[C@H](C)C(=O)Nc2ccc3ccccc3c2)cc1. The largest absolute Gasteiger partial charge is 0.497 e. The van der Waals surface area contributed by atoms with Crippen molar-refractivity contribution < 1.29 is 23.8 Å². The Balaban J connectivity index is 1.50. The van der Waals surface area contributed by atoms with Crippen molar-refractivity contribution >= 4 is 28.3 Å². The molecule has 0 aromatic heterocycles. The molecule has 0 heterocycles. The van der Waals surface area contributed by atoms with Crippen LogP contribution in [0.2, 0.25) is 0 Å². The molecule has 0 spiro atoms. The smallest absolute Gasteiger partial charge is 0.344 e. The first-order valence-corrected chi connectivity index (χ1v) is 8.81. The Morgan fingerprint density at radius 1 is 0.929 bits per heavy atom. The van der Waals surface area contributed by atoms with Gasteiger partial charge in [-0.3, -0.25) is 4.79 Å². The van der Waals surface area contributed by atoms with E-state index in [1.54, 1.807) is 31.4 Å². The Hall–Kier alpha value is -3.54. The topological polar surface area (TPSA) is 73.9 Å². The van der Waals surface area contributed by atoms with Gasteiger partial charge in [0, 0.05) is 5.69 Å². The molecule has 0 aliphatic heterocycles. The average Bonchev–Trinajstić information content (AvgIpc) is 2.72. The Labute approximate surface area is 163 Å². The van der Waals surface area contributed by atoms with Crippen LogP contribution in [0, 0.1) is 0 Å². The lowest BCUT2D eigenvalue weighted by molar-refractivity contribution is -0.155. The number of hydrogen-bond acceptors (Lipinski definition) is 5. The third kappa shape index (κ3) is 5.01. The first kappa shape index (κ1) is 19.2. The van der Waals surface area contributed by atoms with Crippen LogP contribution in [-0.4, -0.2) is 31.7 Å². The summed E-state index contributed by atoms with van der Waals surface area (Å²) in [6.45, 7) is 1.22. The molecule has 0 unspecified atom stereocenters. The van der Waals surface area contributed by atoms with Crippen LogP contribution in [0.3, 0.4) is 0 Å². The van der Waals surface area contributed by atoms with Gasteiger partial charge < -0.3 is 19.5 Å². The van der Waals surface area contributed by atoms with Gasteiger partial charge in [0.1, 0.15) is 11.5 Å². The molecule has 0 radical (unpaired) electrons. The summed E-state index contributed by atoms with van der Waals surface area (Å²) in [6, 6.07) is 20.3. The van der Waals surface area contributed by atoms with Gasteiger partial charge in [0.25, 0.3) is 5.91 Å². The second-order valence-electron chi connectivity index (χ2n) is 6.15. The number of anilines is 1. The van der Waals surface area contributed by atoms with E-state index in [4.69, 9.17) is 14.2 Å². The molecule has 0 fully saturated rings. The minimum atomic E-state index is -0.946. The highest BCUT2D eigenvalue weighted by molar-refractivity contribution is 5.97. The zero-order valence-corrected chi connectivity index (χ0v) is 15.7. The Morgan fingerprint density at radius 2 is 1.61 bits per heavy atom. The molecule has 3 aromatic rings. The van der Waals surface area contributed by atoms with Crippen molar-refractivity contribution in [2.75, 3.05) is 19.0 Å². The normalized spacial score (nSPS) is 11.5. The fourth-order valence-electron chi connectivity index (χ4n) is 2.61. The minimum Gasteiger partial charge on any atom is -0.497 e. The van der Waals surface area contributed by atoms with Crippen LogP contribution in [-0.2, 0) is 14.3 Å². The summed E-state index contributed by atoms with van der Waals surface area (Å²) in [5, 5.41) is 4.85. The number of esters is 1. The maximum atomic E-state index is 12.3. The fraction of sp³-hybridized carbons (Fsp3) is 0.182. The number of nitrogens with one attached hydrogen (secondary N) is 1. The van der Waals surface area contributed by atoms with E-state index in [0.717, 1.165) is 10.8 Å². The first-order chi connectivity index (χ1) is 13.5. The molecule has 6 nitrogen and oxygen atoms in total. The highest BCUT2D eigenvalue weighted by Crippen LogP contribution is 2.19. The van der Waals surface area contributed by atoms with Crippen molar-refractivity contribution in [3.05, 3.63) is 66.7 Å². The van der Waals surface area contributed by atoms with Gasteiger partial charge in [-0.05, 0) is 54.1 Å². The molecule has 0 bridgehead atoms. The van der Waals surface area contributed by atoms with Crippen LogP contribution in [0.1, 0.15) is 6.92 Å². The van der Waals surface area contributed by atoms with Gasteiger partial charge in [0.15, 0.2) is 12.7 Å². The molecule has 1 N–H and O–H groups in total. The molecule has 0 aliphatic rings. The quantitative estimate of drug-likeness (QED) is 0.632. The van der Waals surface area contributed by atoms with E-state index in [1.165, 1.54) is 6.92 Å². The van der Waals surface area contributed by atoms with Crippen molar-refractivity contribution in [2.45, 2.75) is 13.0 Å². The molecule has 6 heteroatoms. The third-order valence-electron chi connectivity index (χ3n) is 4.11. The fourth-order valence-corrected chi connectivity index (χ4v) is 2.61. The number of ether oxygens (including phenoxy) is 3. The molecule has 144 valence electrons. The zero-order chi connectivity index (χ0) is 19.9. The predicted molar refractivity (Wildman–Crippen MR) is 107 cm³/mol. The molecule has 0 saturated heterocycles. The maximum absolute atomic E-state index is 12.3. The van der Waals surface area contributed by atoms with Crippen molar-refractivity contribution in [1.82, 2.24) is 0 Å². The van der Waals surface area contributed by atoms with Crippen LogP contribution in [0.5, 0.6) is 11.5 Å². The predicted octanol–water partition coefficient (Wildman–Crippen LogP) is 3.80. The average molecular weight is 379 g/mol. The highest BCUT2D eigenvalue weighted by Gasteiger charge is 2.18. The number of amides is 1. The molecule has 28 heavy (non-hydrogen) atoms. The van der Waals surface area contributed by atoms with Gasteiger partial charge in [-0.1, -0.05) is 30.3 Å².